The van der Waals surface area contributed by atoms with Gasteiger partial charge < -0.3 is 10.6 Å². The van der Waals surface area contributed by atoms with Crippen LogP contribution in [0.2, 0.25) is 0 Å². The normalized spacial score (nSPS) is 13.0. The average molecular weight is 340 g/mol. The number of benzene rings is 1. The Kier molecular flexibility index (Phi) is 7.02. The second-order valence-corrected chi connectivity index (χ2v) is 7.97. The van der Waals surface area contributed by atoms with Crippen LogP contribution in [0.1, 0.15) is 39.7 Å². The molecule has 0 radical (unpaired) electrons. The lowest BCUT2D eigenvalue weighted by Gasteiger charge is -2.22. The molecule has 130 valence electrons. The van der Waals surface area contributed by atoms with Gasteiger partial charge in [-0.1, -0.05) is 25.1 Å². The summed E-state index contributed by atoms with van der Waals surface area (Å²) in [6, 6.07) is 6.98. The molecule has 0 aliphatic heterocycles. The summed E-state index contributed by atoms with van der Waals surface area (Å²) in [6.45, 7) is 8.72. The van der Waals surface area contributed by atoms with E-state index >= 15 is 0 Å². The van der Waals surface area contributed by atoms with Crippen LogP contribution in [0.15, 0.2) is 34.2 Å². The minimum Gasteiger partial charge on any atom is -0.356 e. The summed E-state index contributed by atoms with van der Waals surface area (Å²) in [4.78, 5) is 4.41. The fraction of sp³-hybridized carbons (Fsp3) is 0.562. The molecule has 23 heavy (non-hydrogen) atoms. The summed E-state index contributed by atoms with van der Waals surface area (Å²) in [5.41, 5.74) is 0.168. The maximum atomic E-state index is 12.6. The van der Waals surface area contributed by atoms with E-state index in [-0.39, 0.29) is 4.90 Å². The third kappa shape index (κ3) is 6.58. The molecule has 6 nitrogen and oxygen atoms in total. The van der Waals surface area contributed by atoms with Crippen LogP contribution in [-0.4, -0.2) is 33.5 Å². The number of nitrogens with one attached hydrogen (secondary N) is 3. The van der Waals surface area contributed by atoms with Crippen LogP contribution in [0.4, 0.5) is 0 Å². The SMILES string of the molecule is CCCNC(=NC)NCc1ccccc1S(=O)(=O)NC(C)(C)C. The zero-order chi connectivity index (χ0) is 17.5. The number of hydrogen-bond donors (Lipinski definition) is 3. The second kappa shape index (κ2) is 8.31. The number of rotatable bonds is 6. The van der Waals surface area contributed by atoms with Crippen LogP contribution < -0.4 is 15.4 Å². The summed E-state index contributed by atoms with van der Waals surface area (Å²) in [5, 5.41) is 6.30. The Labute approximate surface area is 139 Å². The van der Waals surface area contributed by atoms with E-state index in [1.54, 1.807) is 25.2 Å². The predicted molar refractivity (Wildman–Crippen MR) is 95.0 cm³/mol. The molecule has 3 N–H and O–H groups in total. The molecule has 0 aliphatic rings. The van der Waals surface area contributed by atoms with Gasteiger partial charge in [0.05, 0.1) is 4.90 Å². The van der Waals surface area contributed by atoms with Gasteiger partial charge in [0.25, 0.3) is 0 Å². The van der Waals surface area contributed by atoms with Gasteiger partial charge >= 0.3 is 0 Å². The quantitative estimate of drug-likeness (QED) is 0.545. The van der Waals surface area contributed by atoms with E-state index in [4.69, 9.17) is 0 Å². The second-order valence-electron chi connectivity index (χ2n) is 6.32. The Morgan fingerprint density at radius 2 is 1.83 bits per heavy atom. The third-order valence-electron chi connectivity index (χ3n) is 2.92. The first-order valence-electron chi connectivity index (χ1n) is 7.76. The van der Waals surface area contributed by atoms with E-state index < -0.39 is 15.6 Å². The van der Waals surface area contributed by atoms with E-state index in [1.807, 2.05) is 26.8 Å². The van der Waals surface area contributed by atoms with Gasteiger partial charge in [0.15, 0.2) is 5.96 Å². The monoisotopic (exact) mass is 340 g/mol. The van der Waals surface area contributed by atoms with Crippen LogP contribution in [0.3, 0.4) is 0 Å². The molecular formula is C16H28N4O2S. The summed E-state index contributed by atoms with van der Waals surface area (Å²) in [5.74, 6) is 0.655. The minimum atomic E-state index is -3.57. The highest BCUT2D eigenvalue weighted by Crippen LogP contribution is 2.17. The summed E-state index contributed by atoms with van der Waals surface area (Å²) in [6.07, 6.45) is 0.987. The van der Waals surface area contributed by atoms with Crippen molar-refractivity contribution in [1.29, 1.82) is 0 Å². The van der Waals surface area contributed by atoms with Crippen LogP contribution in [0, 0.1) is 0 Å². The van der Waals surface area contributed by atoms with Crippen LogP contribution in [0.5, 0.6) is 0 Å². The van der Waals surface area contributed by atoms with E-state index in [2.05, 4.69) is 27.3 Å². The molecule has 1 rings (SSSR count). The lowest BCUT2D eigenvalue weighted by Crippen LogP contribution is -2.41. The van der Waals surface area contributed by atoms with Crippen molar-refractivity contribution in [1.82, 2.24) is 15.4 Å². The molecule has 0 fully saturated rings. The lowest BCUT2D eigenvalue weighted by atomic mass is 10.1. The molecule has 0 heterocycles. The molecule has 0 bridgehead atoms. The topological polar surface area (TPSA) is 82.6 Å². The van der Waals surface area contributed by atoms with Crippen molar-refractivity contribution in [3.8, 4) is 0 Å². The van der Waals surface area contributed by atoms with Crippen molar-refractivity contribution in [2.24, 2.45) is 4.99 Å². The Bertz CT molecular complexity index is 634. The number of hydrogen-bond acceptors (Lipinski definition) is 3. The first-order valence-corrected chi connectivity index (χ1v) is 9.24. The van der Waals surface area contributed by atoms with Gasteiger partial charge in [0, 0.05) is 25.7 Å². The van der Waals surface area contributed by atoms with Crippen molar-refractivity contribution in [3.05, 3.63) is 29.8 Å². The Hall–Kier alpha value is -1.60. The highest BCUT2D eigenvalue weighted by Gasteiger charge is 2.24. The van der Waals surface area contributed by atoms with Crippen LogP contribution in [0.25, 0.3) is 0 Å². The van der Waals surface area contributed by atoms with Crippen molar-refractivity contribution in [2.75, 3.05) is 13.6 Å². The maximum absolute atomic E-state index is 12.6. The molecule has 0 spiro atoms. The first kappa shape index (κ1) is 19.4. The summed E-state index contributed by atoms with van der Waals surface area (Å²) >= 11 is 0. The number of nitrogens with zero attached hydrogens (tertiary/aromatic N) is 1. The predicted octanol–water partition coefficient (Wildman–Crippen LogP) is 1.84. The van der Waals surface area contributed by atoms with Crippen molar-refractivity contribution < 1.29 is 8.42 Å². The zero-order valence-electron chi connectivity index (χ0n) is 14.6. The Morgan fingerprint density at radius 3 is 2.39 bits per heavy atom. The molecule has 0 unspecified atom stereocenters. The fourth-order valence-corrected chi connectivity index (χ4v) is 3.67. The van der Waals surface area contributed by atoms with E-state index in [0.717, 1.165) is 13.0 Å². The summed E-state index contributed by atoms with van der Waals surface area (Å²) < 4.78 is 27.8. The molecule has 0 aliphatic carbocycles. The van der Waals surface area contributed by atoms with Gasteiger partial charge in [-0.2, -0.15) is 0 Å². The Morgan fingerprint density at radius 1 is 1.17 bits per heavy atom. The molecular weight excluding hydrogens is 312 g/mol. The zero-order valence-corrected chi connectivity index (χ0v) is 15.4. The maximum Gasteiger partial charge on any atom is 0.241 e. The molecule has 1 aromatic carbocycles. The van der Waals surface area contributed by atoms with Crippen molar-refractivity contribution in [2.45, 2.75) is 51.1 Å². The molecule has 7 heteroatoms. The minimum absolute atomic E-state index is 0.286. The Balaban J connectivity index is 2.94. The van der Waals surface area contributed by atoms with Gasteiger partial charge in [-0.3, -0.25) is 4.99 Å². The molecule has 0 saturated carbocycles. The number of aliphatic imine (C=N–C) groups is 1. The van der Waals surface area contributed by atoms with Gasteiger partial charge in [-0.05, 0) is 38.8 Å². The first-order chi connectivity index (χ1) is 10.7. The fourth-order valence-electron chi connectivity index (χ4n) is 2.01. The van der Waals surface area contributed by atoms with Gasteiger partial charge in [0.2, 0.25) is 10.0 Å². The van der Waals surface area contributed by atoms with E-state index in [0.29, 0.717) is 18.1 Å². The smallest absolute Gasteiger partial charge is 0.241 e. The molecule has 1 aromatic rings. The van der Waals surface area contributed by atoms with Crippen molar-refractivity contribution >= 4 is 16.0 Å². The molecule has 0 amide bonds. The van der Waals surface area contributed by atoms with Gasteiger partial charge in [-0.15, -0.1) is 0 Å². The van der Waals surface area contributed by atoms with Gasteiger partial charge in [-0.25, -0.2) is 13.1 Å². The van der Waals surface area contributed by atoms with Crippen LogP contribution in [-0.2, 0) is 16.6 Å². The summed E-state index contributed by atoms with van der Waals surface area (Å²) in [7, 11) is -1.88. The number of sulfonamides is 1. The number of guanidine groups is 1. The van der Waals surface area contributed by atoms with Gasteiger partial charge in [0.1, 0.15) is 0 Å². The highest BCUT2D eigenvalue weighted by molar-refractivity contribution is 7.89. The molecule has 0 aromatic heterocycles. The average Bonchev–Trinajstić information content (AvgIpc) is 2.45. The van der Waals surface area contributed by atoms with E-state index in [9.17, 15) is 8.42 Å². The molecule has 0 atom stereocenters. The van der Waals surface area contributed by atoms with E-state index in [1.165, 1.54) is 0 Å². The highest BCUT2D eigenvalue weighted by atomic mass is 32.2. The standard InChI is InChI=1S/C16H28N4O2S/c1-6-11-18-15(17-5)19-12-13-9-7-8-10-14(13)23(21,22)20-16(2,3)4/h7-10,20H,6,11-12H2,1-5H3,(H2,17,18,19). The largest absolute Gasteiger partial charge is 0.356 e. The van der Waals surface area contributed by atoms with Crippen LogP contribution >= 0.6 is 0 Å². The van der Waals surface area contributed by atoms with Crippen molar-refractivity contribution in [3.63, 3.8) is 0 Å². The lowest BCUT2D eigenvalue weighted by molar-refractivity contribution is 0.491. The third-order valence-corrected chi connectivity index (χ3v) is 4.77. The molecule has 0 saturated heterocycles.